The Morgan fingerprint density at radius 2 is 2.21 bits per heavy atom. The molecule has 2 atom stereocenters. The van der Waals surface area contributed by atoms with Crippen LogP contribution in [0.2, 0.25) is 0 Å². The van der Waals surface area contributed by atoms with Crippen molar-refractivity contribution in [2.45, 2.75) is 44.7 Å². The van der Waals surface area contributed by atoms with E-state index < -0.39 is 22.8 Å². The summed E-state index contributed by atoms with van der Waals surface area (Å²) in [5, 5.41) is 5.16. The van der Waals surface area contributed by atoms with E-state index in [2.05, 4.69) is 32.1 Å². The fourth-order valence-corrected chi connectivity index (χ4v) is 4.60. The van der Waals surface area contributed by atoms with Gasteiger partial charge in [-0.05, 0) is 38.8 Å². The van der Waals surface area contributed by atoms with E-state index in [0.717, 1.165) is 17.5 Å². The Hall–Kier alpha value is -3.84. The number of hydrogen-bond donors (Lipinski definition) is 3. The number of H-pyrrole nitrogens is 2. The van der Waals surface area contributed by atoms with Gasteiger partial charge in [-0.25, -0.2) is 9.78 Å². The minimum Gasteiger partial charge on any atom is -0.497 e. The van der Waals surface area contributed by atoms with Gasteiger partial charge in [0.2, 0.25) is 0 Å². The van der Waals surface area contributed by atoms with Crippen molar-refractivity contribution in [2.75, 3.05) is 25.2 Å². The molecule has 1 aliphatic rings. The number of aromatic amines is 2. The minimum absolute atomic E-state index is 0.0864. The first kappa shape index (κ1) is 23.3. The van der Waals surface area contributed by atoms with Crippen molar-refractivity contribution in [3.63, 3.8) is 0 Å². The van der Waals surface area contributed by atoms with Crippen LogP contribution in [-0.4, -0.2) is 57.2 Å². The summed E-state index contributed by atoms with van der Waals surface area (Å²) < 4.78 is 6.36. The molecule has 10 heteroatoms. The Labute approximate surface area is 196 Å². The van der Waals surface area contributed by atoms with Crippen molar-refractivity contribution < 1.29 is 9.53 Å². The maximum atomic E-state index is 13.4. The zero-order chi connectivity index (χ0) is 24.3. The highest BCUT2D eigenvalue weighted by atomic mass is 16.5. The molecule has 1 aromatic carbocycles. The Kier molecular flexibility index (Phi) is 6.56. The van der Waals surface area contributed by atoms with Crippen molar-refractivity contribution in [1.82, 2.24) is 24.9 Å². The van der Waals surface area contributed by atoms with Crippen molar-refractivity contribution >= 4 is 16.9 Å². The number of carbonyl (C=O) groups excluding carboxylic acids is 1. The summed E-state index contributed by atoms with van der Waals surface area (Å²) in [6, 6.07) is 6.48. The average molecular weight is 465 g/mol. The molecule has 2 aromatic heterocycles. The van der Waals surface area contributed by atoms with Crippen LogP contribution in [0.25, 0.3) is 11.2 Å². The molecule has 1 fully saturated rings. The third-order valence-corrected chi connectivity index (χ3v) is 6.43. The maximum Gasteiger partial charge on any atom is 0.349 e. The smallest absolute Gasteiger partial charge is 0.349 e. The number of carbonyl (C=O) groups is 1. The van der Waals surface area contributed by atoms with Crippen molar-refractivity contribution in [3.8, 4) is 17.6 Å². The fourth-order valence-electron chi connectivity index (χ4n) is 4.60. The number of hydrogen-bond acceptors (Lipinski definition) is 7. The van der Waals surface area contributed by atoms with Crippen molar-refractivity contribution in [3.05, 3.63) is 57.0 Å². The number of rotatable bonds is 7. The zero-order valence-corrected chi connectivity index (χ0v) is 19.5. The van der Waals surface area contributed by atoms with Gasteiger partial charge in [0.15, 0.2) is 16.9 Å². The number of nitrogens with zero attached hydrogens (tertiary/aromatic N) is 3. The van der Waals surface area contributed by atoms with Crippen LogP contribution in [0.1, 0.15) is 43.5 Å². The zero-order valence-electron chi connectivity index (χ0n) is 19.5. The molecule has 3 N–H and O–H groups in total. The number of ketones is 1. The summed E-state index contributed by atoms with van der Waals surface area (Å²) in [6.45, 7) is 4.64. The highest BCUT2D eigenvalue weighted by Gasteiger charge is 2.43. The fraction of sp³-hybridized carbons (Fsp3) is 0.417. The van der Waals surface area contributed by atoms with E-state index in [4.69, 9.17) is 4.74 Å². The van der Waals surface area contributed by atoms with Gasteiger partial charge in [0.05, 0.1) is 26.0 Å². The minimum atomic E-state index is -0.596. The first-order valence-corrected chi connectivity index (χ1v) is 11.1. The number of aromatic nitrogens is 4. The number of fused-ring (bicyclic) bond motifs is 1. The van der Waals surface area contributed by atoms with Gasteiger partial charge in [-0.1, -0.05) is 18.1 Å². The van der Waals surface area contributed by atoms with Gasteiger partial charge in [0.25, 0.3) is 0 Å². The standard InChI is InChI=1S/C24H28N6O4/c1-4-5-11-27-24(2)10-7-12-29(30-22(32)20-21(26-15-25-20)28-23(30)33)19(24)14-18(31)16-8-6-9-17(13-16)34-3/h6,8-9,13,15,19,27H,7,10-12,14H2,1-3H3,(H,25,26)(H,28,33)/t19?,24-/m1/s1. The predicted octanol–water partition coefficient (Wildman–Crippen LogP) is 1.17. The lowest BCUT2D eigenvalue weighted by Gasteiger charge is -2.49. The van der Waals surface area contributed by atoms with E-state index in [1.165, 1.54) is 6.33 Å². The highest BCUT2D eigenvalue weighted by molar-refractivity contribution is 5.97. The summed E-state index contributed by atoms with van der Waals surface area (Å²) in [4.78, 5) is 49.1. The largest absolute Gasteiger partial charge is 0.497 e. The molecule has 1 unspecified atom stereocenters. The van der Waals surface area contributed by atoms with E-state index in [-0.39, 0.29) is 23.4 Å². The van der Waals surface area contributed by atoms with E-state index in [9.17, 15) is 14.4 Å². The lowest BCUT2D eigenvalue weighted by Crippen LogP contribution is -2.69. The Morgan fingerprint density at radius 1 is 1.38 bits per heavy atom. The quantitative estimate of drug-likeness (QED) is 0.354. The van der Waals surface area contributed by atoms with Crippen LogP contribution in [0.15, 0.2) is 40.2 Å². The van der Waals surface area contributed by atoms with Crippen LogP contribution in [-0.2, 0) is 0 Å². The molecular formula is C24H28N6O4. The van der Waals surface area contributed by atoms with Gasteiger partial charge < -0.3 is 14.7 Å². The molecule has 1 aliphatic heterocycles. The second-order valence-electron chi connectivity index (χ2n) is 8.51. The molecule has 1 saturated heterocycles. The molecule has 3 aromatic rings. The third-order valence-electron chi connectivity index (χ3n) is 6.43. The van der Waals surface area contributed by atoms with Gasteiger partial charge in [0, 0.05) is 24.1 Å². The van der Waals surface area contributed by atoms with E-state index in [1.807, 2.05) is 6.92 Å². The van der Waals surface area contributed by atoms with Crippen LogP contribution in [0.3, 0.4) is 0 Å². The number of piperidine rings is 1. The molecule has 0 radical (unpaired) electrons. The molecule has 3 heterocycles. The van der Waals surface area contributed by atoms with E-state index in [1.54, 1.807) is 43.3 Å². The van der Waals surface area contributed by atoms with Gasteiger partial charge in [-0.15, -0.1) is 5.92 Å². The third kappa shape index (κ3) is 4.34. The van der Waals surface area contributed by atoms with Crippen molar-refractivity contribution in [2.24, 2.45) is 0 Å². The lowest BCUT2D eigenvalue weighted by atomic mass is 9.80. The average Bonchev–Trinajstić information content (AvgIpc) is 3.30. The Bertz CT molecular complexity index is 1380. The molecule has 178 valence electrons. The lowest BCUT2D eigenvalue weighted by molar-refractivity contribution is 0.0925. The van der Waals surface area contributed by atoms with E-state index >= 15 is 0 Å². The number of imidazole rings is 1. The van der Waals surface area contributed by atoms with Gasteiger partial charge in [-0.2, -0.15) is 4.68 Å². The van der Waals surface area contributed by atoms with Crippen LogP contribution in [0.5, 0.6) is 5.75 Å². The number of Topliss-reactive ketones (excluding diaryl/α,β-unsaturated/α-hetero) is 1. The predicted molar refractivity (Wildman–Crippen MR) is 129 cm³/mol. The second kappa shape index (κ2) is 9.57. The molecule has 10 nitrogen and oxygen atoms in total. The summed E-state index contributed by atoms with van der Waals surface area (Å²) in [5.74, 6) is 6.35. The summed E-state index contributed by atoms with van der Waals surface area (Å²) in [5.41, 5.74) is -0.772. The van der Waals surface area contributed by atoms with Crippen LogP contribution in [0.4, 0.5) is 0 Å². The molecule has 34 heavy (non-hydrogen) atoms. The normalized spacial score (nSPS) is 20.1. The summed E-state index contributed by atoms with van der Waals surface area (Å²) in [6.07, 6.45) is 2.92. The molecular weight excluding hydrogens is 436 g/mol. The number of methoxy groups -OCH3 is 1. The van der Waals surface area contributed by atoms with Crippen molar-refractivity contribution in [1.29, 1.82) is 0 Å². The molecule has 0 spiro atoms. The van der Waals surface area contributed by atoms with Crippen LogP contribution < -0.4 is 26.3 Å². The Morgan fingerprint density at radius 3 is 2.97 bits per heavy atom. The van der Waals surface area contributed by atoms with E-state index in [0.29, 0.717) is 24.4 Å². The summed E-state index contributed by atoms with van der Waals surface area (Å²) >= 11 is 0. The molecule has 4 rings (SSSR count). The SMILES string of the molecule is CC#CCN[C@]1(C)CCCN(n2c(=O)[nH]c3nc[nH]c3c2=O)C1CC(=O)c1cccc(OC)c1. The first-order chi connectivity index (χ1) is 16.4. The van der Waals surface area contributed by atoms with Gasteiger partial charge in [-0.3, -0.25) is 19.9 Å². The molecule has 0 amide bonds. The Balaban J connectivity index is 1.78. The van der Waals surface area contributed by atoms with Gasteiger partial charge in [0.1, 0.15) is 5.75 Å². The molecule has 0 saturated carbocycles. The molecule has 0 aliphatic carbocycles. The summed E-state index contributed by atoms with van der Waals surface area (Å²) in [7, 11) is 1.55. The maximum absolute atomic E-state index is 13.4. The first-order valence-electron chi connectivity index (χ1n) is 11.1. The second-order valence-corrected chi connectivity index (χ2v) is 8.51. The van der Waals surface area contributed by atoms with Gasteiger partial charge >= 0.3 is 11.2 Å². The topological polar surface area (TPSA) is 125 Å². The van der Waals surface area contributed by atoms with Crippen LogP contribution >= 0.6 is 0 Å². The van der Waals surface area contributed by atoms with Crippen LogP contribution in [0, 0.1) is 11.8 Å². The highest BCUT2D eigenvalue weighted by Crippen LogP contribution is 2.30. The monoisotopic (exact) mass is 464 g/mol. The number of ether oxygens (including phenoxy) is 1. The molecule has 0 bridgehead atoms. The number of benzene rings is 1. The number of nitrogens with one attached hydrogen (secondary N) is 3.